The van der Waals surface area contributed by atoms with E-state index in [1.54, 1.807) is 30.6 Å². The summed E-state index contributed by atoms with van der Waals surface area (Å²) in [6.45, 7) is 2.04. The van der Waals surface area contributed by atoms with Gasteiger partial charge in [0.05, 0.1) is 23.7 Å². The number of carbonyl (C=O) groups is 1. The predicted octanol–water partition coefficient (Wildman–Crippen LogP) is 5.82. The van der Waals surface area contributed by atoms with Crippen LogP contribution in [0.25, 0.3) is 0 Å². The van der Waals surface area contributed by atoms with Crippen molar-refractivity contribution in [3.8, 4) is 0 Å². The molecule has 12 heteroatoms. The first-order valence-electron chi connectivity index (χ1n) is 16.7. The first kappa shape index (κ1) is 36.4. The Kier molecular flexibility index (Phi) is 12.3. The van der Waals surface area contributed by atoms with Gasteiger partial charge in [0.25, 0.3) is 0 Å². The third-order valence-electron chi connectivity index (χ3n) is 8.50. The minimum atomic E-state index is -3.95. The average molecular weight is 725 g/mol. The molecule has 3 N–H and O–H groups in total. The number of aryl methyl sites for hydroxylation is 1. The van der Waals surface area contributed by atoms with Crippen molar-refractivity contribution in [1.82, 2.24) is 20.0 Å². The quantitative estimate of drug-likeness (QED) is 0.0955. The van der Waals surface area contributed by atoms with Crippen molar-refractivity contribution in [2.45, 2.75) is 67.5 Å². The van der Waals surface area contributed by atoms with Crippen LogP contribution in [-0.4, -0.2) is 47.3 Å². The van der Waals surface area contributed by atoms with Gasteiger partial charge in [-0.25, -0.2) is 18.4 Å². The maximum absolute atomic E-state index is 13.5. The highest BCUT2D eigenvalue weighted by molar-refractivity contribution is 7.99. The third kappa shape index (κ3) is 10.1. The van der Waals surface area contributed by atoms with E-state index in [-0.39, 0.29) is 36.7 Å². The summed E-state index contributed by atoms with van der Waals surface area (Å²) in [6.07, 6.45) is 3.23. The molecule has 4 atom stereocenters. The molecule has 10 nitrogen and oxygen atoms in total. The van der Waals surface area contributed by atoms with Gasteiger partial charge in [0.15, 0.2) is 11.4 Å². The van der Waals surface area contributed by atoms with Gasteiger partial charge in [0.2, 0.25) is 15.9 Å². The SMILES string of the molecule is Cc1ccc(S(=O)(=O)N[C@H](Cc2ccccc2)C(=O)NCc2ccc([C@@H]3O[C@H](CSc4ncccn4)C[C@H](c4ccc(CO)cc4)O3)cc2)cc1. The van der Waals surface area contributed by atoms with E-state index < -0.39 is 28.3 Å². The van der Waals surface area contributed by atoms with Crippen LogP contribution in [0.15, 0.2) is 132 Å². The molecular formula is C39H40N4O6S2. The van der Waals surface area contributed by atoms with Crippen molar-refractivity contribution in [2.24, 2.45) is 0 Å². The van der Waals surface area contributed by atoms with Gasteiger partial charge in [-0.3, -0.25) is 4.79 Å². The molecule has 0 bridgehead atoms. The van der Waals surface area contributed by atoms with E-state index in [1.165, 1.54) is 23.9 Å². The molecule has 2 heterocycles. The van der Waals surface area contributed by atoms with Crippen molar-refractivity contribution >= 4 is 27.7 Å². The van der Waals surface area contributed by atoms with Crippen LogP contribution in [0.2, 0.25) is 0 Å². The Labute approximate surface area is 302 Å². The highest BCUT2D eigenvalue weighted by Crippen LogP contribution is 2.39. The zero-order valence-corrected chi connectivity index (χ0v) is 29.7. The van der Waals surface area contributed by atoms with Crippen molar-refractivity contribution in [3.63, 3.8) is 0 Å². The van der Waals surface area contributed by atoms with Gasteiger partial charge in [-0.05, 0) is 53.8 Å². The molecule has 1 aliphatic heterocycles. The number of sulfonamides is 1. The lowest BCUT2D eigenvalue weighted by Crippen LogP contribution is -2.47. The Morgan fingerprint density at radius 3 is 2.20 bits per heavy atom. The van der Waals surface area contributed by atoms with Crippen molar-refractivity contribution < 1.29 is 27.8 Å². The Bertz CT molecular complexity index is 1970. The molecule has 1 fully saturated rings. The van der Waals surface area contributed by atoms with E-state index in [4.69, 9.17) is 9.47 Å². The Hall–Kier alpha value is -4.43. The molecule has 51 heavy (non-hydrogen) atoms. The fourth-order valence-electron chi connectivity index (χ4n) is 5.67. The van der Waals surface area contributed by atoms with E-state index in [9.17, 15) is 18.3 Å². The number of amides is 1. The summed E-state index contributed by atoms with van der Waals surface area (Å²) in [4.78, 5) is 22.2. The van der Waals surface area contributed by atoms with Crippen LogP contribution in [0.3, 0.4) is 0 Å². The van der Waals surface area contributed by atoms with Gasteiger partial charge in [0, 0.05) is 36.7 Å². The van der Waals surface area contributed by atoms with Crippen LogP contribution in [-0.2, 0) is 43.9 Å². The summed E-state index contributed by atoms with van der Waals surface area (Å²) in [7, 11) is -3.95. The maximum Gasteiger partial charge on any atom is 0.241 e. The van der Waals surface area contributed by atoms with Crippen molar-refractivity contribution in [3.05, 3.63) is 155 Å². The van der Waals surface area contributed by atoms with Gasteiger partial charge < -0.3 is 19.9 Å². The van der Waals surface area contributed by atoms with E-state index in [2.05, 4.69) is 20.0 Å². The maximum atomic E-state index is 13.5. The fourth-order valence-corrected chi connectivity index (χ4v) is 7.68. The van der Waals surface area contributed by atoms with E-state index in [0.717, 1.165) is 33.4 Å². The van der Waals surface area contributed by atoms with Crippen molar-refractivity contribution in [1.29, 1.82) is 0 Å². The van der Waals surface area contributed by atoms with E-state index in [1.807, 2.05) is 85.8 Å². The summed E-state index contributed by atoms with van der Waals surface area (Å²) in [5.74, 6) is 0.201. The molecule has 0 spiro atoms. The summed E-state index contributed by atoms with van der Waals surface area (Å²) >= 11 is 1.53. The molecule has 0 saturated carbocycles. The zero-order valence-electron chi connectivity index (χ0n) is 28.1. The number of hydrogen-bond donors (Lipinski definition) is 3. The number of thioether (sulfide) groups is 1. The predicted molar refractivity (Wildman–Crippen MR) is 195 cm³/mol. The molecule has 1 aromatic heterocycles. The Morgan fingerprint density at radius 2 is 1.51 bits per heavy atom. The van der Waals surface area contributed by atoms with Crippen LogP contribution >= 0.6 is 11.8 Å². The molecule has 1 saturated heterocycles. The summed E-state index contributed by atoms with van der Waals surface area (Å²) in [5.41, 5.74) is 5.23. The molecule has 4 aromatic carbocycles. The summed E-state index contributed by atoms with van der Waals surface area (Å²) in [6, 6.07) is 31.9. The van der Waals surface area contributed by atoms with Crippen LogP contribution in [0.5, 0.6) is 0 Å². The van der Waals surface area contributed by atoms with E-state index in [0.29, 0.717) is 17.3 Å². The van der Waals surface area contributed by atoms with Gasteiger partial charge in [-0.15, -0.1) is 0 Å². The number of carbonyl (C=O) groups excluding carboxylic acids is 1. The monoisotopic (exact) mass is 724 g/mol. The second kappa shape index (κ2) is 17.2. The van der Waals surface area contributed by atoms with Gasteiger partial charge in [-0.1, -0.05) is 108 Å². The van der Waals surface area contributed by atoms with Crippen LogP contribution in [0, 0.1) is 6.92 Å². The second-order valence-corrected chi connectivity index (χ2v) is 15.0. The van der Waals surface area contributed by atoms with E-state index >= 15 is 0 Å². The van der Waals surface area contributed by atoms with Gasteiger partial charge in [0.1, 0.15) is 6.04 Å². The minimum absolute atomic E-state index is 0.0303. The first-order valence-corrected chi connectivity index (χ1v) is 19.1. The molecule has 6 rings (SSSR count). The standard InChI is InChI=1S/C39H40N4O6S2/c1-27-8-18-34(19-9-27)51(46,47)43-35(22-28-6-3-2-4-7-28)37(45)42-24-29-10-16-32(17-11-29)38-48-33(26-50-39-40-20-5-21-41-39)23-36(49-38)31-14-12-30(25-44)13-15-31/h2-21,33,35-36,38,43-44H,22-26H2,1H3,(H,42,45)/t33-,35+,36+,38+/m0/s1. The molecular weight excluding hydrogens is 685 g/mol. The molecule has 5 aromatic rings. The third-order valence-corrected chi connectivity index (χ3v) is 11.0. The molecule has 1 aliphatic rings. The lowest BCUT2D eigenvalue weighted by Gasteiger charge is -2.36. The normalized spacial score (nSPS) is 18.2. The van der Waals surface area contributed by atoms with Gasteiger partial charge in [-0.2, -0.15) is 4.72 Å². The van der Waals surface area contributed by atoms with Crippen LogP contribution in [0.1, 0.15) is 52.2 Å². The highest BCUT2D eigenvalue weighted by atomic mass is 32.2. The average Bonchev–Trinajstić information content (AvgIpc) is 3.17. The summed E-state index contributed by atoms with van der Waals surface area (Å²) < 4.78 is 42.0. The zero-order chi connectivity index (χ0) is 35.6. The Balaban J connectivity index is 1.13. The molecule has 264 valence electrons. The number of ether oxygens (including phenoxy) is 2. The molecule has 0 aliphatic carbocycles. The van der Waals surface area contributed by atoms with Crippen LogP contribution in [0.4, 0.5) is 0 Å². The number of hydrogen-bond acceptors (Lipinski definition) is 9. The highest BCUT2D eigenvalue weighted by Gasteiger charge is 2.32. The number of aromatic nitrogens is 2. The Morgan fingerprint density at radius 1 is 0.843 bits per heavy atom. The number of nitrogens with one attached hydrogen (secondary N) is 2. The van der Waals surface area contributed by atoms with Crippen molar-refractivity contribution in [2.75, 3.05) is 5.75 Å². The first-order chi connectivity index (χ1) is 24.8. The molecule has 0 radical (unpaired) electrons. The van der Waals surface area contributed by atoms with Crippen LogP contribution < -0.4 is 10.0 Å². The summed E-state index contributed by atoms with van der Waals surface area (Å²) in [5, 5.41) is 13.1. The number of aliphatic hydroxyl groups is 1. The molecule has 1 amide bonds. The minimum Gasteiger partial charge on any atom is -0.392 e. The largest absolute Gasteiger partial charge is 0.392 e. The molecule has 0 unspecified atom stereocenters. The fraction of sp³-hybridized carbons (Fsp3) is 0.256. The number of aliphatic hydroxyl groups excluding tert-OH is 1. The second-order valence-electron chi connectivity index (χ2n) is 12.3. The number of nitrogens with zero attached hydrogens (tertiary/aromatic N) is 2. The topological polar surface area (TPSA) is 140 Å². The smallest absolute Gasteiger partial charge is 0.241 e. The van der Waals surface area contributed by atoms with Gasteiger partial charge >= 0.3 is 0 Å². The lowest BCUT2D eigenvalue weighted by molar-refractivity contribution is -0.245. The number of benzene rings is 4. The number of rotatable bonds is 14. The lowest BCUT2D eigenvalue weighted by atomic mass is 10.0.